The van der Waals surface area contributed by atoms with Gasteiger partial charge in [-0.25, -0.2) is 8.42 Å². The number of sulfonamides is 1. The second kappa shape index (κ2) is 7.66. The van der Waals surface area contributed by atoms with Gasteiger partial charge >= 0.3 is 0 Å². The lowest BCUT2D eigenvalue weighted by Gasteiger charge is -2.34. The van der Waals surface area contributed by atoms with Crippen LogP contribution in [0.3, 0.4) is 0 Å². The van der Waals surface area contributed by atoms with Crippen molar-refractivity contribution in [1.82, 2.24) is 4.31 Å². The van der Waals surface area contributed by atoms with Gasteiger partial charge in [0.2, 0.25) is 10.0 Å². The van der Waals surface area contributed by atoms with Crippen molar-refractivity contribution in [3.63, 3.8) is 0 Å². The molecule has 7 heteroatoms. The van der Waals surface area contributed by atoms with Crippen LogP contribution < -0.4 is 5.73 Å². The molecular weight excluding hydrogens is 316 g/mol. The van der Waals surface area contributed by atoms with Crippen LogP contribution in [0.1, 0.15) is 19.3 Å². The van der Waals surface area contributed by atoms with Gasteiger partial charge in [-0.1, -0.05) is 18.6 Å². The molecule has 1 heterocycles. The number of piperidine rings is 1. The molecule has 1 aromatic carbocycles. The van der Waals surface area contributed by atoms with Gasteiger partial charge in [-0.05, 0) is 31.2 Å². The Morgan fingerprint density at radius 3 is 2.70 bits per heavy atom. The topological polar surface area (TPSA) is 63.4 Å². The van der Waals surface area contributed by atoms with Crippen molar-refractivity contribution in [2.24, 2.45) is 5.73 Å². The number of benzene rings is 1. The summed E-state index contributed by atoms with van der Waals surface area (Å²) in [4.78, 5) is 1.20. The highest BCUT2D eigenvalue weighted by atomic mass is 35.5. The highest BCUT2D eigenvalue weighted by molar-refractivity contribution is 7.99. The number of thioether (sulfide) groups is 1. The molecule has 0 radical (unpaired) electrons. The summed E-state index contributed by atoms with van der Waals surface area (Å²) in [7, 11) is -3.43. The van der Waals surface area contributed by atoms with Gasteiger partial charge < -0.3 is 5.73 Å². The average Bonchev–Trinajstić information content (AvgIpc) is 2.47. The number of nitrogens with two attached hydrogens (primary N) is 1. The molecule has 2 rings (SSSR count). The molecular formula is C13H21ClN2O2S2. The zero-order chi connectivity index (χ0) is 13.9. The summed E-state index contributed by atoms with van der Waals surface area (Å²) in [5.41, 5.74) is 5.73. The largest absolute Gasteiger partial charge is 0.329 e. The van der Waals surface area contributed by atoms with E-state index in [4.69, 9.17) is 5.73 Å². The van der Waals surface area contributed by atoms with E-state index >= 15 is 0 Å². The van der Waals surface area contributed by atoms with Gasteiger partial charge in [-0.2, -0.15) is 4.31 Å². The molecule has 0 aromatic heterocycles. The highest BCUT2D eigenvalue weighted by Crippen LogP contribution is 2.30. The lowest BCUT2D eigenvalue weighted by atomic mass is 10.1. The van der Waals surface area contributed by atoms with E-state index in [1.165, 1.54) is 11.8 Å². The number of hydrogen-bond acceptors (Lipinski definition) is 4. The summed E-state index contributed by atoms with van der Waals surface area (Å²) in [5.74, 6) is 0. The van der Waals surface area contributed by atoms with E-state index in [1.54, 1.807) is 16.4 Å². The van der Waals surface area contributed by atoms with Crippen LogP contribution in [0.2, 0.25) is 0 Å². The summed E-state index contributed by atoms with van der Waals surface area (Å²) >= 11 is 1.46. The third-order valence-corrected chi connectivity index (χ3v) is 6.44. The van der Waals surface area contributed by atoms with Crippen molar-refractivity contribution in [2.45, 2.75) is 35.1 Å². The van der Waals surface area contributed by atoms with E-state index in [2.05, 4.69) is 0 Å². The second-order valence-electron chi connectivity index (χ2n) is 4.65. The van der Waals surface area contributed by atoms with Gasteiger partial charge in [0.15, 0.2) is 0 Å². The summed E-state index contributed by atoms with van der Waals surface area (Å²) in [6.45, 7) is 0.966. The Kier molecular flexibility index (Phi) is 6.81. The van der Waals surface area contributed by atoms with E-state index in [0.29, 0.717) is 18.0 Å². The van der Waals surface area contributed by atoms with Crippen molar-refractivity contribution < 1.29 is 8.42 Å². The molecule has 0 spiro atoms. The molecule has 1 fully saturated rings. The summed E-state index contributed by atoms with van der Waals surface area (Å²) in [6, 6.07) is 7.10. The van der Waals surface area contributed by atoms with Crippen molar-refractivity contribution in [3.8, 4) is 0 Å². The minimum Gasteiger partial charge on any atom is -0.329 e. The first kappa shape index (κ1) is 17.8. The van der Waals surface area contributed by atoms with Crippen LogP contribution >= 0.6 is 24.2 Å². The summed E-state index contributed by atoms with van der Waals surface area (Å²) in [5, 5.41) is 0. The first-order valence-corrected chi connectivity index (χ1v) is 9.12. The molecule has 1 unspecified atom stereocenters. The zero-order valence-corrected chi connectivity index (χ0v) is 13.9. The lowest BCUT2D eigenvalue weighted by Crippen LogP contribution is -2.47. The van der Waals surface area contributed by atoms with Crippen LogP contribution in [0.4, 0.5) is 0 Å². The molecule has 1 aliphatic heterocycles. The molecule has 0 aliphatic carbocycles. The predicted molar refractivity (Wildman–Crippen MR) is 86.1 cm³/mol. The van der Waals surface area contributed by atoms with Crippen LogP contribution in [0.25, 0.3) is 0 Å². The molecule has 0 amide bonds. The minimum atomic E-state index is -3.43. The van der Waals surface area contributed by atoms with Gasteiger partial charge in [0, 0.05) is 24.0 Å². The number of halogens is 1. The van der Waals surface area contributed by atoms with E-state index < -0.39 is 10.0 Å². The van der Waals surface area contributed by atoms with Crippen molar-refractivity contribution >= 4 is 34.2 Å². The molecule has 0 saturated carbocycles. The molecule has 1 aliphatic rings. The maximum Gasteiger partial charge on any atom is 0.244 e. The Morgan fingerprint density at radius 2 is 2.05 bits per heavy atom. The highest BCUT2D eigenvalue weighted by Gasteiger charge is 2.33. The fourth-order valence-corrected chi connectivity index (χ4v) is 5.31. The zero-order valence-electron chi connectivity index (χ0n) is 11.5. The van der Waals surface area contributed by atoms with Gasteiger partial charge in [0.1, 0.15) is 0 Å². The Balaban J connectivity index is 0.00000200. The Bertz CT molecular complexity index is 537. The van der Waals surface area contributed by atoms with Crippen molar-refractivity contribution in [3.05, 3.63) is 24.3 Å². The van der Waals surface area contributed by atoms with Gasteiger partial charge in [0.05, 0.1) is 4.90 Å². The second-order valence-corrected chi connectivity index (χ2v) is 7.36. The van der Waals surface area contributed by atoms with E-state index in [-0.39, 0.29) is 18.4 Å². The average molecular weight is 337 g/mol. The molecule has 2 N–H and O–H groups in total. The Morgan fingerprint density at radius 1 is 1.35 bits per heavy atom. The maximum absolute atomic E-state index is 12.8. The summed E-state index contributed by atoms with van der Waals surface area (Å²) in [6.07, 6.45) is 4.72. The van der Waals surface area contributed by atoms with Crippen molar-refractivity contribution in [2.75, 3.05) is 19.3 Å². The molecule has 1 aromatic rings. The normalized spacial score (nSPS) is 20.4. The standard InChI is InChI=1S/C13H20N2O2S2.ClH/c1-18-12-7-2-3-8-13(12)19(16,17)15-9-5-4-6-11(15)10-14;/h2-3,7-8,11H,4-6,9-10,14H2,1H3;1H. The van der Waals surface area contributed by atoms with Crippen molar-refractivity contribution in [1.29, 1.82) is 0 Å². The minimum absolute atomic E-state index is 0. The smallest absolute Gasteiger partial charge is 0.244 e. The quantitative estimate of drug-likeness (QED) is 0.857. The van der Waals surface area contributed by atoms with Crippen LogP contribution in [0, 0.1) is 0 Å². The summed E-state index contributed by atoms with van der Waals surface area (Å²) < 4.78 is 27.2. The first-order chi connectivity index (χ1) is 9.11. The Hall–Kier alpha value is -0.270. The third kappa shape index (κ3) is 3.49. The van der Waals surface area contributed by atoms with Crippen LogP contribution in [-0.2, 0) is 10.0 Å². The first-order valence-electron chi connectivity index (χ1n) is 6.46. The Labute approximate surface area is 131 Å². The predicted octanol–water partition coefficient (Wildman–Crippen LogP) is 2.33. The monoisotopic (exact) mass is 336 g/mol. The van der Waals surface area contributed by atoms with Gasteiger partial charge in [0.25, 0.3) is 0 Å². The van der Waals surface area contributed by atoms with E-state index in [1.807, 2.05) is 18.4 Å². The maximum atomic E-state index is 12.8. The van der Waals surface area contributed by atoms with Crippen LogP contribution in [0.15, 0.2) is 34.1 Å². The molecule has 114 valence electrons. The molecule has 0 bridgehead atoms. The fourth-order valence-electron chi connectivity index (χ4n) is 2.48. The third-order valence-electron chi connectivity index (χ3n) is 3.50. The van der Waals surface area contributed by atoms with Crippen LogP contribution in [0.5, 0.6) is 0 Å². The molecule has 4 nitrogen and oxygen atoms in total. The van der Waals surface area contributed by atoms with Gasteiger partial charge in [-0.15, -0.1) is 24.2 Å². The molecule has 20 heavy (non-hydrogen) atoms. The number of rotatable bonds is 4. The molecule has 1 saturated heterocycles. The van der Waals surface area contributed by atoms with E-state index in [0.717, 1.165) is 24.2 Å². The molecule has 1 atom stereocenters. The number of hydrogen-bond donors (Lipinski definition) is 1. The SMILES string of the molecule is CSc1ccccc1S(=O)(=O)N1CCCCC1CN.Cl. The van der Waals surface area contributed by atoms with E-state index in [9.17, 15) is 8.42 Å². The lowest BCUT2D eigenvalue weighted by molar-refractivity contribution is 0.257. The van der Waals surface area contributed by atoms with Gasteiger partial charge in [-0.3, -0.25) is 0 Å². The fraction of sp³-hybridized carbons (Fsp3) is 0.538. The van der Waals surface area contributed by atoms with Crippen LogP contribution in [-0.4, -0.2) is 38.1 Å². The number of nitrogens with zero attached hydrogens (tertiary/aromatic N) is 1.